The maximum Gasteiger partial charge on any atom is 0.323 e. The van der Waals surface area contributed by atoms with Crippen molar-refractivity contribution < 1.29 is 19.1 Å². The summed E-state index contributed by atoms with van der Waals surface area (Å²) in [6.07, 6.45) is 0.590. The fourth-order valence-electron chi connectivity index (χ4n) is 1.92. The van der Waals surface area contributed by atoms with Gasteiger partial charge in [-0.25, -0.2) is 0 Å². The molecule has 1 atom stereocenters. The molecule has 102 valence electrons. The van der Waals surface area contributed by atoms with Gasteiger partial charge in [-0.1, -0.05) is 13.8 Å². The number of hydrogen-bond acceptors (Lipinski definition) is 5. The Kier molecular flexibility index (Phi) is 5.27. The number of carbonyl (C=O) groups excluding carboxylic acids is 3. The van der Waals surface area contributed by atoms with Crippen molar-refractivity contribution in [2.24, 2.45) is 5.92 Å². The van der Waals surface area contributed by atoms with Gasteiger partial charge in [-0.05, 0) is 5.92 Å². The standard InChI is InChI=1S/C12H20N2O4/c1-8(2)11(12(17)18-3)13-6-7-14-9(15)4-5-10(14)16/h8,11,13H,4-7H2,1-3H3. The van der Waals surface area contributed by atoms with Crippen LogP contribution in [0.1, 0.15) is 26.7 Å². The lowest BCUT2D eigenvalue weighted by Gasteiger charge is -2.21. The van der Waals surface area contributed by atoms with E-state index < -0.39 is 6.04 Å². The van der Waals surface area contributed by atoms with E-state index in [0.717, 1.165) is 0 Å². The molecule has 0 bridgehead atoms. The van der Waals surface area contributed by atoms with Crippen LogP contribution < -0.4 is 5.32 Å². The first-order chi connectivity index (χ1) is 8.47. The van der Waals surface area contributed by atoms with Crippen molar-refractivity contribution in [3.05, 3.63) is 0 Å². The van der Waals surface area contributed by atoms with Crippen LogP contribution in [0.4, 0.5) is 0 Å². The molecule has 0 aromatic rings. The van der Waals surface area contributed by atoms with E-state index in [0.29, 0.717) is 25.9 Å². The number of likely N-dealkylation sites (tertiary alicyclic amines) is 1. The molecule has 0 aromatic heterocycles. The van der Waals surface area contributed by atoms with Crippen molar-refractivity contribution in [1.29, 1.82) is 0 Å². The molecular formula is C12H20N2O4. The smallest absolute Gasteiger partial charge is 0.323 e. The highest BCUT2D eigenvalue weighted by Crippen LogP contribution is 2.10. The molecule has 1 rings (SSSR count). The molecule has 1 unspecified atom stereocenters. The van der Waals surface area contributed by atoms with E-state index in [-0.39, 0.29) is 23.7 Å². The summed E-state index contributed by atoms with van der Waals surface area (Å²) in [7, 11) is 1.34. The van der Waals surface area contributed by atoms with Crippen LogP contribution in [0.3, 0.4) is 0 Å². The van der Waals surface area contributed by atoms with Gasteiger partial charge in [0.05, 0.1) is 7.11 Å². The van der Waals surface area contributed by atoms with Crippen molar-refractivity contribution in [3.8, 4) is 0 Å². The Morgan fingerprint density at radius 3 is 2.33 bits per heavy atom. The van der Waals surface area contributed by atoms with E-state index in [1.807, 2.05) is 13.8 Å². The van der Waals surface area contributed by atoms with Crippen molar-refractivity contribution in [3.63, 3.8) is 0 Å². The van der Waals surface area contributed by atoms with Gasteiger partial charge in [0.25, 0.3) is 0 Å². The fourth-order valence-corrected chi connectivity index (χ4v) is 1.92. The maximum absolute atomic E-state index is 11.5. The van der Waals surface area contributed by atoms with E-state index in [9.17, 15) is 14.4 Å². The van der Waals surface area contributed by atoms with Crippen LogP contribution in [0.25, 0.3) is 0 Å². The summed E-state index contributed by atoms with van der Waals surface area (Å²) in [5, 5.41) is 3.02. The van der Waals surface area contributed by atoms with Crippen LogP contribution in [0.5, 0.6) is 0 Å². The number of imide groups is 1. The van der Waals surface area contributed by atoms with Gasteiger partial charge >= 0.3 is 5.97 Å². The zero-order valence-electron chi connectivity index (χ0n) is 11.1. The second kappa shape index (κ2) is 6.49. The summed E-state index contributed by atoms with van der Waals surface area (Å²) in [6.45, 7) is 4.51. The number of rotatable bonds is 6. The molecule has 1 fully saturated rings. The second-order valence-electron chi connectivity index (χ2n) is 4.64. The van der Waals surface area contributed by atoms with Crippen molar-refractivity contribution in [1.82, 2.24) is 10.2 Å². The molecular weight excluding hydrogens is 236 g/mol. The van der Waals surface area contributed by atoms with Gasteiger partial charge in [0.2, 0.25) is 11.8 Å². The summed E-state index contributed by atoms with van der Waals surface area (Å²) in [4.78, 5) is 35.5. The predicted molar refractivity (Wildman–Crippen MR) is 64.6 cm³/mol. The zero-order valence-corrected chi connectivity index (χ0v) is 11.1. The Morgan fingerprint density at radius 2 is 1.89 bits per heavy atom. The third-order valence-corrected chi connectivity index (χ3v) is 2.98. The number of nitrogens with one attached hydrogen (secondary N) is 1. The van der Waals surface area contributed by atoms with Gasteiger partial charge in [0.15, 0.2) is 0 Å². The van der Waals surface area contributed by atoms with E-state index in [1.54, 1.807) is 0 Å². The first-order valence-electron chi connectivity index (χ1n) is 6.11. The highest BCUT2D eigenvalue weighted by Gasteiger charge is 2.29. The van der Waals surface area contributed by atoms with Crippen LogP contribution in [-0.4, -0.2) is 48.9 Å². The van der Waals surface area contributed by atoms with Gasteiger partial charge in [-0.15, -0.1) is 0 Å². The Labute approximate surface area is 107 Å². The SMILES string of the molecule is COC(=O)C(NCCN1C(=O)CCC1=O)C(C)C. The van der Waals surface area contributed by atoms with E-state index >= 15 is 0 Å². The minimum Gasteiger partial charge on any atom is -0.468 e. The minimum atomic E-state index is -0.414. The number of esters is 1. The van der Waals surface area contributed by atoms with Crippen LogP contribution in [-0.2, 0) is 19.1 Å². The van der Waals surface area contributed by atoms with Gasteiger partial charge in [0, 0.05) is 25.9 Å². The quantitative estimate of drug-likeness (QED) is 0.531. The van der Waals surface area contributed by atoms with Crippen molar-refractivity contribution >= 4 is 17.8 Å². The first-order valence-corrected chi connectivity index (χ1v) is 6.11. The second-order valence-corrected chi connectivity index (χ2v) is 4.64. The highest BCUT2D eigenvalue weighted by atomic mass is 16.5. The number of carbonyl (C=O) groups is 3. The molecule has 1 N–H and O–H groups in total. The molecule has 0 radical (unpaired) electrons. The average molecular weight is 256 g/mol. The third kappa shape index (κ3) is 3.53. The number of nitrogens with zero attached hydrogens (tertiary/aromatic N) is 1. The zero-order chi connectivity index (χ0) is 13.7. The Bertz CT molecular complexity index is 325. The van der Waals surface area contributed by atoms with Crippen LogP contribution in [0.15, 0.2) is 0 Å². The van der Waals surface area contributed by atoms with Gasteiger partial charge in [0.1, 0.15) is 6.04 Å². The molecule has 2 amide bonds. The van der Waals surface area contributed by atoms with Gasteiger partial charge in [-0.2, -0.15) is 0 Å². The monoisotopic (exact) mass is 256 g/mol. The summed E-state index contributed by atoms with van der Waals surface area (Å²) < 4.78 is 4.69. The number of hydrogen-bond donors (Lipinski definition) is 1. The van der Waals surface area contributed by atoms with Crippen molar-refractivity contribution in [2.45, 2.75) is 32.7 Å². The molecule has 0 aliphatic carbocycles. The molecule has 6 heteroatoms. The minimum absolute atomic E-state index is 0.0856. The molecule has 1 aliphatic rings. The molecule has 0 aromatic carbocycles. The molecule has 6 nitrogen and oxygen atoms in total. The largest absolute Gasteiger partial charge is 0.468 e. The van der Waals surface area contributed by atoms with Gasteiger partial charge in [-0.3, -0.25) is 19.3 Å². The summed E-state index contributed by atoms with van der Waals surface area (Å²) in [5.41, 5.74) is 0. The highest BCUT2D eigenvalue weighted by molar-refractivity contribution is 6.01. The third-order valence-electron chi connectivity index (χ3n) is 2.98. The van der Waals surface area contributed by atoms with Crippen LogP contribution >= 0.6 is 0 Å². The van der Waals surface area contributed by atoms with Gasteiger partial charge < -0.3 is 10.1 Å². The lowest BCUT2D eigenvalue weighted by molar-refractivity contribution is -0.144. The van der Waals surface area contributed by atoms with Crippen LogP contribution in [0, 0.1) is 5.92 Å². The molecule has 0 saturated carbocycles. The number of methoxy groups -OCH3 is 1. The first kappa shape index (κ1) is 14.6. The molecule has 18 heavy (non-hydrogen) atoms. The summed E-state index contributed by atoms with van der Waals surface area (Å²) in [5.74, 6) is -0.520. The van der Waals surface area contributed by atoms with E-state index in [1.165, 1.54) is 12.0 Å². The predicted octanol–water partition coefficient (Wildman–Crippen LogP) is -0.0774. The topological polar surface area (TPSA) is 75.7 Å². The van der Waals surface area contributed by atoms with Crippen molar-refractivity contribution in [2.75, 3.05) is 20.2 Å². The normalized spacial score (nSPS) is 17.4. The molecule has 1 saturated heterocycles. The number of amides is 2. The lowest BCUT2D eigenvalue weighted by atomic mass is 10.0. The van der Waals surface area contributed by atoms with E-state index in [4.69, 9.17) is 0 Å². The average Bonchev–Trinajstić information content (AvgIpc) is 2.64. The van der Waals surface area contributed by atoms with Crippen LogP contribution in [0.2, 0.25) is 0 Å². The summed E-state index contributed by atoms with van der Waals surface area (Å²) in [6, 6.07) is -0.414. The lowest BCUT2D eigenvalue weighted by Crippen LogP contribution is -2.45. The van der Waals surface area contributed by atoms with E-state index in [2.05, 4.69) is 10.1 Å². The Balaban J connectivity index is 2.41. The Morgan fingerprint density at radius 1 is 1.33 bits per heavy atom. The molecule has 1 heterocycles. The number of ether oxygens (including phenoxy) is 1. The molecule has 0 spiro atoms. The fraction of sp³-hybridized carbons (Fsp3) is 0.750. The Hall–Kier alpha value is -1.43. The maximum atomic E-state index is 11.5. The molecule has 1 aliphatic heterocycles. The summed E-state index contributed by atoms with van der Waals surface area (Å²) >= 11 is 0.